The van der Waals surface area contributed by atoms with Crippen LogP contribution in [0.3, 0.4) is 0 Å². The highest BCUT2D eigenvalue weighted by Gasteiger charge is 2.40. The van der Waals surface area contributed by atoms with Gasteiger partial charge in [-0.25, -0.2) is 0 Å². The molecule has 0 saturated heterocycles. The highest BCUT2D eigenvalue weighted by Crippen LogP contribution is 2.40. The van der Waals surface area contributed by atoms with Gasteiger partial charge in [0, 0.05) is 5.56 Å². The van der Waals surface area contributed by atoms with Crippen molar-refractivity contribution in [3.63, 3.8) is 0 Å². The van der Waals surface area contributed by atoms with Crippen molar-refractivity contribution < 1.29 is 18.3 Å². The number of benzene rings is 2. The van der Waals surface area contributed by atoms with E-state index in [2.05, 4.69) is 6.58 Å². The predicted molar refractivity (Wildman–Crippen MR) is 82.1 cm³/mol. The first kappa shape index (κ1) is 16.2. The second kappa shape index (κ2) is 7.18. The van der Waals surface area contributed by atoms with Gasteiger partial charge in [-0.05, 0) is 17.7 Å². The summed E-state index contributed by atoms with van der Waals surface area (Å²) in [4.78, 5) is 0. The molecule has 0 radical (unpaired) electrons. The van der Waals surface area contributed by atoms with Gasteiger partial charge in [0.05, 0.1) is 13.7 Å². The molecule has 4 heteroatoms. The molecule has 1 unspecified atom stereocenters. The quantitative estimate of drug-likeness (QED) is 0.686. The lowest BCUT2D eigenvalue weighted by Crippen LogP contribution is -2.26. The Morgan fingerprint density at radius 2 is 1.73 bits per heavy atom. The van der Waals surface area contributed by atoms with E-state index >= 15 is 0 Å². The number of hydrogen-bond donors (Lipinski definition) is 0. The van der Waals surface area contributed by atoms with Crippen molar-refractivity contribution in [3.8, 4) is 5.75 Å². The van der Waals surface area contributed by atoms with E-state index in [4.69, 9.17) is 9.47 Å². The van der Waals surface area contributed by atoms with Gasteiger partial charge in [-0.15, -0.1) is 0 Å². The molecule has 0 aromatic heterocycles. The topological polar surface area (TPSA) is 18.5 Å². The van der Waals surface area contributed by atoms with E-state index in [1.54, 1.807) is 24.3 Å². The third-order valence-electron chi connectivity index (χ3n) is 3.30. The van der Waals surface area contributed by atoms with Crippen molar-refractivity contribution in [2.45, 2.75) is 18.6 Å². The lowest BCUT2D eigenvalue weighted by Gasteiger charge is -2.26. The lowest BCUT2D eigenvalue weighted by molar-refractivity contribution is -0.116. The Kier molecular flexibility index (Phi) is 5.28. The Morgan fingerprint density at radius 1 is 1.09 bits per heavy atom. The van der Waals surface area contributed by atoms with Gasteiger partial charge in [-0.1, -0.05) is 55.1 Å². The molecule has 0 aliphatic carbocycles. The minimum Gasteiger partial charge on any atom is -0.496 e. The average molecular weight is 304 g/mol. The molecule has 1 atom stereocenters. The molecule has 0 saturated carbocycles. The number of methoxy groups -OCH3 is 1. The second-order valence-corrected chi connectivity index (χ2v) is 4.80. The Bertz CT molecular complexity index is 611. The van der Waals surface area contributed by atoms with E-state index in [1.165, 1.54) is 7.11 Å². The maximum atomic E-state index is 14.2. The third kappa shape index (κ3) is 3.71. The first-order chi connectivity index (χ1) is 10.6. The van der Waals surface area contributed by atoms with Crippen molar-refractivity contribution in [1.29, 1.82) is 0 Å². The van der Waals surface area contributed by atoms with Gasteiger partial charge in [-0.3, -0.25) is 0 Å². The number of hydrogen-bond acceptors (Lipinski definition) is 2. The average Bonchev–Trinajstić information content (AvgIpc) is 2.56. The van der Waals surface area contributed by atoms with Crippen LogP contribution >= 0.6 is 0 Å². The van der Waals surface area contributed by atoms with Crippen LogP contribution in [0.4, 0.5) is 8.78 Å². The van der Waals surface area contributed by atoms with Crippen LogP contribution in [0, 0.1) is 0 Å². The Morgan fingerprint density at radius 3 is 2.36 bits per heavy atom. The summed E-state index contributed by atoms with van der Waals surface area (Å²) in [6, 6.07) is 15.8. The maximum Gasteiger partial charge on any atom is 0.296 e. The normalized spacial score (nSPS) is 12.7. The first-order valence-electron chi connectivity index (χ1n) is 6.88. The van der Waals surface area contributed by atoms with Crippen molar-refractivity contribution in [3.05, 3.63) is 78.4 Å². The number of halogens is 2. The standard InChI is InChI=1S/C18H18F2O2/c1-3-18(19,20)17(15-11-7-8-12-16(15)21-2)22-13-14-9-5-4-6-10-14/h3-12,17H,1,13H2,2H3. The van der Waals surface area contributed by atoms with Gasteiger partial charge in [0.1, 0.15) is 5.75 Å². The zero-order valence-electron chi connectivity index (χ0n) is 12.3. The van der Waals surface area contributed by atoms with E-state index in [0.717, 1.165) is 5.56 Å². The summed E-state index contributed by atoms with van der Waals surface area (Å²) in [5, 5.41) is 0. The van der Waals surface area contributed by atoms with Gasteiger partial charge in [0.25, 0.3) is 5.92 Å². The molecular formula is C18H18F2O2. The summed E-state index contributed by atoms with van der Waals surface area (Å²) in [6.07, 6.45) is -0.851. The van der Waals surface area contributed by atoms with E-state index in [0.29, 0.717) is 17.4 Å². The highest BCUT2D eigenvalue weighted by atomic mass is 19.3. The minimum atomic E-state index is -3.20. The van der Waals surface area contributed by atoms with E-state index < -0.39 is 12.0 Å². The molecule has 0 amide bonds. The van der Waals surface area contributed by atoms with Gasteiger partial charge >= 0.3 is 0 Å². The van der Waals surface area contributed by atoms with Gasteiger partial charge in [0.2, 0.25) is 0 Å². The summed E-state index contributed by atoms with van der Waals surface area (Å²) in [5.74, 6) is -2.84. The Balaban J connectivity index is 2.29. The lowest BCUT2D eigenvalue weighted by atomic mass is 10.0. The largest absolute Gasteiger partial charge is 0.496 e. The molecule has 2 aromatic rings. The van der Waals surface area contributed by atoms with E-state index in [9.17, 15) is 8.78 Å². The molecule has 0 fully saturated rings. The van der Waals surface area contributed by atoms with Crippen LogP contribution in [0.2, 0.25) is 0 Å². The fourth-order valence-electron chi connectivity index (χ4n) is 2.15. The van der Waals surface area contributed by atoms with Gasteiger partial charge in [0.15, 0.2) is 6.10 Å². The highest BCUT2D eigenvalue weighted by molar-refractivity contribution is 5.37. The molecule has 0 spiro atoms. The molecule has 2 nitrogen and oxygen atoms in total. The zero-order valence-corrected chi connectivity index (χ0v) is 12.3. The smallest absolute Gasteiger partial charge is 0.296 e. The monoisotopic (exact) mass is 304 g/mol. The van der Waals surface area contributed by atoms with Crippen molar-refractivity contribution >= 4 is 0 Å². The summed E-state index contributed by atoms with van der Waals surface area (Å²) in [7, 11) is 1.44. The predicted octanol–water partition coefficient (Wildman–Crippen LogP) is 4.77. The Labute approximate surface area is 129 Å². The zero-order chi connectivity index (χ0) is 16.0. The maximum absolute atomic E-state index is 14.2. The van der Waals surface area contributed by atoms with Crippen LogP contribution in [-0.2, 0) is 11.3 Å². The van der Waals surface area contributed by atoms with Crippen LogP contribution in [0.25, 0.3) is 0 Å². The summed E-state index contributed by atoms with van der Waals surface area (Å²) >= 11 is 0. The molecule has 0 aliphatic rings. The van der Waals surface area contributed by atoms with Gasteiger partial charge < -0.3 is 9.47 Å². The number of rotatable bonds is 7. The van der Waals surface area contributed by atoms with E-state index in [-0.39, 0.29) is 6.61 Å². The fraction of sp³-hybridized carbons (Fsp3) is 0.222. The molecule has 2 rings (SSSR count). The second-order valence-electron chi connectivity index (χ2n) is 4.80. The molecule has 22 heavy (non-hydrogen) atoms. The summed E-state index contributed by atoms with van der Waals surface area (Å²) in [5.41, 5.74) is 1.12. The Hall–Kier alpha value is -2.20. The van der Waals surface area contributed by atoms with E-state index in [1.807, 2.05) is 30.3 Å². The number of ether oxygens (including phenoxy) is 2. The van der Waals surface area contributed by atoms with Crippen LogP contribution < -0.4 is 4.74 Å². The fourth-order valence-corrected chi connectivity index (χ4v) is 2.15. The molecule has 0 bridgehead atoms. The molecule has 2 aromatic carbocycles. The van der Waals surface area contributed by atoms with Crippen LogP contribution in [0.5, 0.6) is 5.75 Å². The first-order valence-corrected chi connectivity index (χ1v) is 6.88. The summed E-state index contributed by atoms with van der Waals surface area (Å²) in [6.45, 7) is 3.29. The van der Waals surface area contributed by atoms with Crippen molar-refractivity contribution in [2.75, 3.05) is 7.11 Å². The SMILES string of the molecule is C=CC(F)(F)C(OCc1ccccc1)c1ccccc1OC. The third-order valence-corrected chi connectivity index (χ3v) is 3.30. The molecular weight excluding hydrogens is 286 g/mol. The minimum absolute atomic E-state index is 0.0764. The van der Waals surface area contributed by atoms with Crippen LogP contribution in [0.15, 0.2) is 67.3 Å². The van der Waals surface area contributed by atoms with Crippen molar-refractivity contribution in [1.82, 2.24) is 0 Å². The molecule has 0 N–H and O–H groups in total. The number of para-hydroxylation sites is 1. The van der Waals surface area contributed by atoms with Crippen molar-refractivity contribution in [2.24, 2.45) is 0 Å². The van der Waals surface area contributed by atoms with Crippen LogP contribution in [-0.4, -0.2) is 13.0 Å². The molecule has 0 heterocycles. The van der Waals surface area contributed by atoms with Crippen LogP contribution in [0.1, 0.15) is 17.2 Å². The van der Waals surface area contributed by atoms with Gasteiger partial charge in [-0.2, -0.15) is 8.78 Å². The summed E-state index contributed by atoms with van der Waals surface area (Å²) < 4.78 is 39.1. The molecule has 0 aliphatic heterocycles. The molecule has 116 valence electrons. The number of alkyl halides is 2.